The number of carbonyl (C=O) groups excluding carboxylic acids is 2. The molecule has 0 aliphatic carbocycles. The number of hydrogen-bond donors (Lipinski definition) is 0. The minimum Gasteiger partial charge on any atom is -0.550 e. The monoisotopic (exact) mass is 252 g/mol. The minimum atomic E-state index is -1.08. The first-order chi connectivity index (χ1) is 3.46. The summed E-state index contributed by atoms with van der Waals surface area (Å²) in [5.41, 5.74) is 0. The van der Waals surface area contributed by atoms with Crippen molar-refractivity contribution in [3.8, 4) is 0 Å². The molecule has 0 fully saturated rings. The average Bonchev–Trinajstić information content (AvgIpc) is 1.25. The maximum absolute atomic E-state index is 8.89. The van der Waals surface area contributed by atoms with Gasteiger partial charge in [0.2, 0.25) is 0 Å². The van der Waals surface area contributed by atoms with Gasteiger partial charge >= 0.3 is 80.9 Å². The third-order valence-electron chi connectivity index (χ3n) is 0. The average molecular weight is 252 g/mol. The van der Waals surface area contributed by atoms with Crippen LogP contribution in [0, 0.1) is 0 Å². The zero-order valence-electron chi connectivity index (χ0n) is 8.63. The summed E-state index contributed by atoms with van der Waals surface area (Å²) in [7, 11) is 0. The van der Waals surface area contributed by atoms with Crippen molar-refractivity contribution in [3.05, 3.63) is 0 Å². The van der Waals surface area contributed by atoms with Crippen molar-refractivity contribution in [2.24, 2.45) is 0 Å². The first-order valence-electron chi connectivity index (χ1n) is 1.82. The Hall–Kier alpha value is 1.42. The van der Waals surface area contributed by atoms with Crippen molar-refractivity contribution < 1.29 is 123 Å². The number of carboxylic acid groups (broad SMARTS) is 2. The van der Waals surface area contributed by atoms with Crippen LogP contribution in [0.15, 0.2) is 0 Å². The quantitative estimate of drug-likeness (QED) is 0.384. The summed E-state index contributed by atoms with van der Waals surface area (Å²) in [5, 5.41) is 17.8. The summed E-state index contributed by atoms with van der Waals surface area (Å²) in [4.78, 5) is 17.8. The Balaban J connectivity index is -0.00000000600. The second-order valence-electron chi connectivity index (χ2n) is 0.983. The van der Waals surface area contributed by atoms with Crippen molar-refractivity contribution in [1.29, 1.82) is 0 Å². The molecule has 0 bridgehead atoms. The van der Waals surface area contributed by atoms with Gasteiger partial charge in [-0.3, -0.25) is 0 Å². The molecule has 0 atom stereocenters. The molecule has 8 nitrogen and oxygen atoms in total. The zero-order chi connectivity index (χ0) is 7.15. The van der Waals surface area contributed by atoms with Crippen LogP contribution in [-0.2, 0) is 9.59 Å². The van der Waals surface area contributed by atoms with E-state index in [0.717, 1.165) is 13.8 Å². The van der Waals surface area contributed by atoms with E-state index in [4.69, 9.17) is 19.8 Å². The Kier molecular flexibility index (Phi) is 196. The molecule has 0 aromatic carbocycles. The van der Waals surface area contributed by atoms with E-state index in [1.807, 2.05) is 0 Å². The van der Waals surface area contributed by atoms with E-state index in [2.05, 4.69) is 0 Å². The molecule has 10 heteroatoms. The topological polar surface area (TPSA) is 206 Å². The van der Waals surface area contributed by atoms with Gasteiger partial charge in [-0.15, -0.1) is 0 Å². The molecule has 0 saturated heterocycles. The molecule has 0 unspecified atom stereocenters. The van der Waals surface area contributed by atoms with Gasteiger partial charge in [-0.25, -0.2) is 0 Å². The minimum absolute atomic E-state index is 0. The van der Waals surface area contributed by atoms with Crippen LogP contribution in [0.1, 0.15) is 13.8 Å². The molecular weight excluding hydrogens is 238 g/mol. The van der Waals surface area contributed by atoms with Gasteiger partial charge in [-0.2, -0.15) is 0 Å². The summed E-state index contributed by atoms with van der Waals surface area (Å²) in [5.74, 6) is -2.17. The van der Waals surface area contributed by atoms with Crippen LogP contribution in [0.3, 0.4) is 0 Å². The third-order valence-corrected chi connectivity index (χ3v) is 0. The van der Waals surface area contributed by atoms with E-state index >= 15 is 0 Å². The molecular formula is C4H14KNaO8. The maximum atomic E-state index is 8.89. The molecule has 0 radical (unpaired) electrons. The van der Waals surface area contributed by atoms with Crippen LogP contribution in [0.4, 0.5) is 0 Å². The summed E-state index contributed by atoms with van der Waals surface area (Å²) in [6.45, 7) is 1.94. The molecule has 0 aliphatic rings. The van der Waals surface area contributed by atoms with Gasteiger partial charge in [0.25, 0.3) is 0 Å². The van der Waals surface area contributed by atoms with Crippen molar-refractivity contribution >= 4 is 11.9 Å². The standard InChI is InChI=1S/2C2H4O2.K.Na.4H2O/c2*1-2(3)4;;;;;;/h2*1H3,(H,3,4);;;4*1H2/q;;2*+1;;;;/p-2. The van der Waals surface area contributed by atoms with Crippen molar-refractivity contribution in [2.45, 2.75) is 13.8 Å². The van der Waals surface area contributed by atoms with Crippen LogP contribution in [-0.4, -0.2) is 33.8 Å². The molecule has 0 amide bonds. The molecule has 0 aliphatic heterocycles. The fourth-order valence-electron chi connectivity index (χ4n) is 0. The summed E-state index contributed by atoms with van der Waals surface area (Å²) < 4.78 is 0. The van der Waals surface area contributed by atoms with Gasteiger partial charge in [0.15, 0.2) is 0 Å². The number of carboxylic acids is 2. The van der Waals surface area contributed by atoms with E-state index in [0.29, 0.717) is 0 Å². The van der Waals surface area contributed by atoms with E-state index in [1.54, 1.807) is 0 Å². The summed E-state index contributed by atoms with van der Waals surface area (Å²) >= 11 is 0. The van der Waals surface area contributed by atoms with E-state index < -0.39 is 11.9 Å². The second kappa shape index (κ2) is 47.2. The van der Waals surface area contributed by atoms with Crippen LogP contribution >= 0.6 is 0 Å². The Morgan fingerprint density at radius 2 is 0.786 bits per heavy atom. The first-order valence-corrected chi connectivity index (χ1v) is 1.82. The first kappa shape index (κ1) is 58.3. The Morgan fingerprint density at radius 3 is 0.786 bits per heavy atom. The van der Waals surface area contributed by atoms with Crippen LogP contribution in [0.2, 0.25) is 0 Å². The number of aliphatic carboxylic acids is 2. The maximum Gasteiger partial charge on any atom is 1.00 e. The van der Waals surface area contributed by atoms with Crippen LogP contribution < -0.4 is 91.2 Å². The summed E-state index contributed by atoms with van der Waals surface area (Å²) in [6.07, 6.45) is 0. The molecule has 8 N–H and O–H groups in total. The fraction of sp³-hybridized carbons (Fsp3) is 0.500. The largest absolute Gasteiger partial charge is 1.00 e. The normalized spacial score (nSPS) is 3.57. The number of carbonyl (C=O) groups is 2. The van der Waals surface area contributed by atoms with E-state index in [1.165, 1.54) is 0 Å². The molecule has 0 aromatic rings. The van der Waals surface area contributed by atoms with Gasteiger partial charge in [0.1, 0.15) is 0 Å². The number of hydrogen-bond acceptors (Lipinski definition) is 4. The fourth-order valence-corrected chi connectivity index (χ4v) is 0. The molecule has 0 rings (SSSR count). The molecule has 0 saturated carbocycles. The molecule has 14 heavy (non-hydrogen) atoms. The zero-order valence-corrected chi connectivity index (χ0v) is 13.8. The van der Waals surface area contributed by atoms with E-state index in [-0.39, 0.29) is 103 Å². The Bertz CT molecular complexity index is 79.3. The van der Waals surface area contributed by atoms with Gasteiger partial charge in [0, 0.05) is 11.9 Å². The van der Waals surface area contributed by atoms with Crippen molar-refractivity contribution in [2.75, 3.05) is 0 Å². The molecule has 0 heterocycles. The molecule has 0 spiro atoms. The van der Waals surface area contributed by atoms with Crippen LogP contribution in [0.25, 0.3) is 0 Å². The van der Waals surface area contributed by atoms with Gasteiger partial charge < -0.3 is 41.7 Å². The SMILES string of the molecule is CC(=O)[O-].CC(=O)[O-].O.O.O.O.[K+].[Na+]. The van der Waals surface area contributed by atoms with Crippen molar-refractivity contribution in [3.63, 3.8) is 0 Å². The van der Waals surface area contributed by atoms with Gasteiger partial charge in [-0.1, -0.05) is 0 Å². The van der Waals surface area contributed by atoms with E-state index in [9.17, 15) is 0 Å². The second-order valence-corrected chi connectivity index (χ2v) is 0.983. The van der Waals surface area contributed by atoms with Crippen molar-refractivity contribution in [1.82, 2.24) is 0 Å². The number of rotatable bonds is 0. The Labute approximate surface area is 146 Å². The Morgan fingerprint density at radius 1 is 0.786 bits per heavy atom. The van der Waals surface area contributed by atoms with Gasteiger partial charge in [0.05, 0.1) is 0 Å². The summed E-state index contributed by atoms with van der Waals surface area (Å²) in [6, 6.07) is 0. The van der Waals surface area contributed by atoms with Gasteiger partial charge in [-0.05, 0) is 13.8 Å². The predicted octanol–water partition coefficient (Wildman–Crippen LogP) is -11.8. The predicted molar refractivity (Wildman–Crippen MR) is 35.8 cm³/mol. The van der Waals surface area contributed by atoms with Crippen LogP contribution in [0.5, 0.6) is 0 Å². The molecule has 80 valence electrons. The molecule has 0 aromatic heterocycles. The third kappa shape index (κ3) is 1030. The smallest absolute Gasteiger partial charge is 0.550 e.